The molecule has 2 aromatic carbocycles. The number of hydrogen-bond acceptors (Lipinski definition) is 5. The summed E-state index contributed by atoms with van der Waals surface area (Å²) in [6, 6.07) is 13.7. The van der Waals surface area contributed by atoms with Gasteiger partial charge in [0, 0.05) is 10.6 Å². The Labute approximate surface area is 177 Å². The number of halogens is 1. The van der Waals surface area contributed by atoms with Crippen LogP contribution in [0, 0.1) is 0 Å². The van der Waals surface area contributed by atoms with Crippen LogP contribution in [0.1, 0.15) is 15.9 Å². The van der Waals surface area contributed by atoms with Crippen molar-refractivity contribution in [3.63, 3.8) is 0 Å². The smallest absolute Gasteiger partial charge is 0.285 e. The van der Waals surface area contributed by atoms with Crippen LogP contribution in [-0.2, 0) is 4.79 Å². The highest BCUT2D eigenvalue weighted by Crippen LogP contribution is 2.31. The largest absolute Gasteiger partial charge is 0.490 e. The number of amides is 2. The molecule has 2 aromatic rings. The Bertz CT molecular complexity index is 974. The second-order valence-corrected chi connectivity index (χ2v) is 7.75. The zero-order chi connectivity index (χ0) is 20.1. The number of rotatable bonds is 6. The quantitative estimate of drug-likeness (QED) is 0.417. The highest BCUT2D eigenvalue weighted by atomic mass is 35.5. The normalized spacial score (nSPS) is 15.0. The van der Waals surface area contributed by atoms with Gasteiger partial charge in [0.15, 0.2) is 4.32 Å². The van der Waals surface area contributed by atoms with Gasteiger partial charge in [0.1, 0.15) is 12.4 Å². The molecule has 0 unspecified atom stereocenters. The third-order valence-electron chi connectivity index (χ3n) is 3.64. The summed E-state index contributed by atoms with van der Waals surface area (Å²) >= 11 is 12.3. The third-order valence-corrected chi connectivity index (χ3v) is 5.18. The molecule has 0 aliphatic carbocycles. The fourth-order valence-corrected chi connectivity index (χ4v) is 3.70. The van der Waals surface area contributed by atoms with Crippen LogP contribution in [0.15, 0.2) is 66.1 Å². The van der Waals surface area contributed by atoms with Gasteiger partial charge in [-0.15, -0.1) is 0 Å². The van der Waals surface area contributed by atoms with Crippen molar-refractivity contribution in [3.05, 3.63) is 82.2 Å². The summed E-state index contributed by atoms with van der Waals surface area (Å²) in [7, 11) is 0. The molecule has 28 heavy (non-hydrogen) atoms. The van der Waals surface area contributed by atoms with E-state index in [-0.39, 0.29) is 4.32 Å². The van der Waals surface area contributed by atoms with Crippen LogP contribution in [0.25, 0.3) is 6.08 Å². The number of nitrogens with zero attached hydrogens (tertiary/aromatic N) is 1. The van der Waals surface area contributed by atoms with E-state index < -0.39 is 11.8 Å². The van der Waals surface area contributed by atoms with Crippen LogP contribution < -0.4 is 10.2 Å². The molecule has 1 aliphatic rings. The topological polar surface area (TPSA) is 58.6 Å². The van der Waals surface area contributed by atoms with Gasteiger partial charge < -0.3 is 4.74 Å². The number of hydrazine groups is 1. The van der Waals surface area contributed by atoms with Crippen LogP contribution in [0.3, 0.4) is 0 Å². The maximum Gasteiger partial charge on any atom is 0.285 e. The number of thioether (sulfide) groups is 1. The molecule has 1 N–H and O–H groups in total. The predicted octanol–water partition coefficient (Wildman–Crippen LogP) is 4.45. The lowest BCUT2D eigenvalue weighted by Crippen LogP contribution is -2.44. The molecular formula is C20H15ClN2O3S2. The number of carbonyl (C=O) groups excluding carboxylic acids is 2. The van der Waals surface area contributed by atoms with E-state index in [0.29, 0.717) is 27.8 Å². The van der Waals surface area contributed by atoms with Gasteiger partial charge in [-0.25, -0.2) is 0 Å². The standard InChI is InChI=1S/C20H15ClN2O3S2/c1-2-10-26-16-8-6-13(7-9-16)11-17-19(25)23(20(27)28-17)22-18(24)14-4-3-5-15(21)12-14/h2-9,11-12H,1,10H2,(H,22,24)/b17-11-. The van der Waals surface area contributed by atoms with Gasteiger partial charge in [-0.1, -0.05) is 54.2 Å². The molecule has 8 heteroatoms. The first-order valence-corrected chi connectivity index (χ1v) is 9.76. The van der Waals surface area contributed by atoms with Crippen molar-refractivity contribution in [2.45, 2.75) is 0 Å². The van der Waals surface area contributed by atoms with Crippen molar-refractivity contribution in [2.75, 3.05) is 6.61 Å². The van der Waals surface area contributed by atoms with E-state index in [0.717, 1.165) is 22.3 Å². The Hall–Kier alpha value is -2.61. The molecule has 0 radical (unpaired) electrons. The summed E-state index contributed by atoms with van der Waals surface area (Å²) in [5.41, 5.74) is 3.67. The maximum atomic E-state index is 12.6. The van der Waals surface area contributed by atoms with E-state index in [9.17, 15) is 9.59 Å². The van der Waals surface area contributed by atoms with Crippen molar-refractivity contribution in [1.82, 2.24) is 10.4 Å². The van der Waals surface area contributed by atoms with Crippen molar-refractivity contribution in [3.8, 4) is 5.75 Å². The second-order valence-electron chi connectivity index (χ2n) is 5.64. The molecule has 1 heterocycles. The SMILES string of the molecule is C=CCOc1ccc(/C=C2\SC(=S)N(NC(=O)c3cccc(Cl)c3)C2=O)cc1. The molecule has 1 fully saturated rings. The minimum Gasteiger partial charge on any atom is -0.490 e. The average Bonchev–Trinajstić information content (AvgIpc) is 2.95. The van der Waals surface area contributed by atoms with Gasteiger partial charge in [0.2, 0.25) is 0 Å². The molecule has 0 spiro atoms. The van der Waals surface area contributed by atoms with Gasteiger partial charge in [-0.2, -0.15) is 5.01 Å². The summed E-state index contributed by atoms with van der Waals surface area (Å²) in [6.45, 7) is 4.02. The Balaban J connectivity index is 1.71. The van der Waals surface area contributed by atoms with Crippen molar-refractivity contribution >= 4 is 57.8 Å². The number of benzene rings is 2. The predicted molar refractivity (Wildman–Crippen MR) is 116 cm³/mol. The van der Waals surface area contributed by atoms with Gasteiger partial charge in [-0.3, -0.25) is 15.0 Å². The number of hydrogen-bond donors (Lipinski definition) is 1. The fourth-order valence-electron chi connectivity index (χ4n) is 2.33. The zero-order valence-electron chi connectivity index (χ0n) is 14.6. The lowest BCUT2D eigenvalue weighted by atomic mass is 10.2. The van der Waals surface area contributed by atoms with Crippen molar-refractivity contribution in [1.29, 1.82) is 0 Å². The van der Waals surface area contributed by atoms with E-state index in [1.54, 1.807) is 42.5 Å². The summed E-state index contributed by atoms with van der Waals surface area (Å²) < 4.78 is 5.68. The summed E-state index contributed by atoms with van der Waals surface area (Å²) in [4.78, 5) is 25.4. The first kappa shape index (κ1) is 20.1. The number of ether oxygens (including phenoxy) is 1. The second kappa shape index (κ2) is 9.05. The van der Waals surface area contributed by atoms with E-state index in [4.69, 9.17) is 28.6 Å². The van der Waals surface area contributed by atoms with E-state index in [1.807, 2.05) is 12.1 Å². The molecule has 0 bridgehead atoms. The van der Waals surface area contributed by atoms with E-state index in [1.165, 1.54) is 6.07 Å². The van der Waals surface area contributed by atoms with Crippen LogP contribution in [-0.4, -0.2) is 27.8 Å². The molecule has 1 aliphatic heterocycles. The Morgan fingerprint density at radius 3 is 2.71 bits per heavy atom. The first-order valence-electron chi connectivity index (χ1n) is 8.16. The van der Waals surface area contributed by atoms with Gasteiger partial charge in [0.25, 0.3) is 11.8 Å². The molecular weight excluding hydrogens is 416 g/mol. The zero-order valence-corrected chi connectivity index (χ0v) is 16.9. The number of carbonyl (C=O) groups is 2. The average molecular weight is 431 g/mol. The number of thiocarbonyl (C=S) groups is 1. The lowest BCUT2D eigenvalue weighted by Gasteiger charge is -2.15. The van der Waals surface area contributed by atoms with Crippen LogP contribution in [0.2, 0.25) is 5.02 Å². The van der Waals surface area contributed by atoms with Crippen LogP contribution in [0.4, 0.5) is 0 Å². The highest BCUT2D eigenvalue weighted by molar-refractivity contribution is 8.26. The molecule has 0 aromatic heterocycles. The molecule has 0 atom stereocenters. The minimum absolute atomic E-state index is 0.248. The van der Waals surface area contributed by atoms with Gasteiger partial charge >= 0.3 is 0 Å². The Kier molecular flexibility index (Phi) is 6.51. The summed E-state index contributed by atoms with van der Waals surface area (Å²) in [5, 5.41) is 1.50. The Morgan fingerprint density at radius 2 is 2.04 bits per heavy atom. The lowest BCUT2D eigenvalue weighted by molar-refractivity contribution is -0.123. The first-order chi connectivity index (χ1) is 13.5. The summed E-state index contributed by atoms with van der Waals surface area (Å²) in [5.74, 6) is -0.153. The Morgan fingerprint density at radius 1 is 1.29 bits per heavy atom. The monoisotopic (exact) mass is 430 g/mol. The van der Waals surface area contributed by atoms with Gasteiger partial charge in [-0.05, 0) is 54.2 Å². The maximum absolute atomic E-state index is 12.6. The number of nitrogens with one attached hydrogen (secondary N) is 1. The minimum atomic E-state index is -0.469. The molecule has 3 rings (SSSR count). The van der Waals surface area contributed by atoms with Gasteiger partial charge in [0.05, 0.1) is 4.91 Å². The highest BCUT2D eigenvalue weighted by Gasteiger charge is 2.33. The third kappa shape index (κ3) is 4.81. The molecule has 5 nitrogen and oxygen atoms in total. The van der Waals surface area contributed by atoms with Crippen molar-refractivity contribution in [2.24, 2.45) is 0 Å². The fraction of sp³-hybridized carbons (Fsp3) is 0.0500. The van der Waals surface area contributed by atoms with Crippen molar-refractivity contribution < 1.29 is 14.3 Å². The van der Waals surface area contributed by atoms with Crippen LogP contribution >= 0.6 is 35.6 Å². The van der Waals surface area contributed by atoms with E-state index >= 15 is 0 Å². The van der Waals surface area contributed by atoms with Crippen LogP contribution in [0.5, 0.6) is 5.75 Å². The molecule has 142 valence electrons. The molecule has 0 saturated carbocycles. The molecule has 1 saturated heterocycles. The summed E-state index contributed by atoms with van der Waals surface area (Å²) in [6.07, 6.45) is 3.37. The molecule has 2 amide bonds. The van der Waals surface area contributed by atoms with E-state index in [2.05, 4.69) is 12.0 Å².